The van der Waals surface area contributed by atoms with Gasteiger partial charge in [-0.2, -0.15) is 5.10 Å². The molecular formula is C14H19N3. The molecule has 0 aliphatic carbocycles. The second-order valence-corrected chi connectivity index (χ2v) is 5.25. The molecule has 0 amide bonds. The molecule has 3 heteroatoms. The van der Waals surface area contributed by atoms with Crippen molar-refractivity contribution in [1.29, 1.82) is 0 Å². The zero-order chi connectivity index (χ0) is 12.5. The number of aromatic nitrogens is 2. The fraction of sp³-hybridized carbons (Fsp3) is 0.357. The van der Waals surface area contributed by atoms with Crippen LogP contribution in [-0.4, -0.2) is 9.78 Å². The fourth-order valence-electron chi connectivity index (χ4n) is 1.72. The monoisotopic (exact) mass is 229 g/mol. The molecule has 2 aromatic rings. The molecule has 17 heavy (non-hydrogen) atoms. The third kappa shape index (κ3) is 2.56. The highest BCUT2D eigenvalue weighted by atomic mass is 15.3. The van der Waals surface area contributed by atoms with Crippen molar-refractivity contribution in [2.75, 3.05) is 0 Å². The average Bonchev–Trinajstić information content (AvgIpc) is 2.78. The smallest absolute Gasteiger partial charge is 0.0568 e. The van der Waals surface area contributed by atoms with Crippen molar-refractivity contribution in [2.45, 2.75) is 32.9 Å². The summed E-state index contributed by atoms with van der Waals surface area (Å²) in [6, 6.07) is 8.27. The lowest BCUT2D eigenvalue weighted by Crippen LogP contribution is -2.21. The van der Waals surface area contributed by atoms with Gasteiger partial charge in [0.1, 0.15) is 0 Å². The molecule has 3 nitrogen and oxygen atoms in total. The second kappa shape index (κ2) is 4.34. The fourth-order valence-corrected chi connectivity index (χ4v) is 1.72. The zero-order valence-electron chi connectivity index (χ0n) is 10.6. The van der Waals surface area contributed by atoms with Crippen molar-refractivity contribution in [3.63, 3.8) is 0 Å². The Morgan fingerprint density at radius 1 is 1.24 bits per heavy atom. The number of hydrogen-bond donors (Lipinski definition) is 1. The first-order valence-corrected chi connectivity index (χ1v) is 5.85. The molecule has 2 N–H and O–H groups in total. The Balaban J connectivity index is 2.37. The van der Waals surface area contributed by atoms with E-state index < -0.39 is 0 Å². The summed E-state index contributed by atoms with van der Waals surface area (Å²) in [7, 11) is 0. The van der Waals surface area contributed by atoms with Gasteiger partial charge in [0.15, 0.2) is 0 Å². The van der Waals surface area contributed by atoms with Gasteiger partial charge in [-0.25, -0.2) is 0 Å². The molecule has 1 aromatic carbocycles. The topological polar surface area (TPSA) is 43.8 Å². The number of rotatable bonds is 2. The summed E-state index contributed by atoms with van der Waals surface area (Å²) in [6.45, 7) is 6.99. The van der Waals surface area contributed by atoms with Crippen LogP contribution >= 0.6 is 0 Å². The first kappa shape index (κ1) is 11.9. The Morgan fingerprint density at radius 3 is 2.59 bits per heavy atom. The van der Waals surface area contributed by atoms with E-state index in [1.54, 1.807) is 0 Å². The van der Waals surface area contributed by atoms with Gasteiger partial charge in [-0.1, -0.05) is 18.2 Å². The Hall–Kier alpha value is -1.61. The zero-order valence-corrected chi connectivity index (χ0v) is 10.6. The second-order valence-electron chi connectivity index (χ2n) is 5.25. The molecule has 1 heterocycles. The molecule has 1 aromatic heterocycles. The minimum Gasteiger partial charge on any atom is -0.326 e. The first-order valence-electron chi connectivity index (χ1n) is 5.85. The molecule has 0 radical (unpaired) electrons. The average molecular weight is 229 g/mol. The highest BCUT2D eigenvalue weighted by Crippen LogP contribution is 2.22. The van der Waals surface area contributed by atoms with Gasteiger partial charge in [0.05, 0.1) is 11.7 Å². The molecule has 0 bridgehead atoms. The van der Waals surface area contributed by atoms with Crippen LogP contribution in [0.15, 0.2) is 36.7 Å². The van der Waals surface area contributed by atoms with Gasteiger partial charge in [0.2, 0.25) is 0 Å². The van der Waals surface area contributed by atoms with E-state index in [1.807, 2.05) is 23.0 Å². The Kier molecular flexibility index (Phi) is 3.03. The summed E-state index contributed by atoms with van der Waals surface area (Å²) in [6.07, 6.45) is 3.98. The minimum atomic E-state index is 0.0176. The normalized spacial score (nSPS) is 11.8. The van der Waals surface area contributed by atoms with Crippen LogP contribution in [0.4, 0.5) is 0 Å². The maximum Gasteiger partial charge on any atom is 0.0568 e. The van der Waals surface area contributed by atoms with E-state index >= 15 is 0 Å². The Bertz CT molecular complexity index is 506. The molecule has 0 unspecified atom stereocenters. The number of benzene rings is 1. The quantitative estimate of drug-likeness (QED) is 0.860. The lowest BCUT2D eigenvalue weighted by molar-refractivity contribution is 0.355. The third-order valence-corrected chi connectivity index (χ3v) is 2.77. The predicted molar refractivity (Wildman–Crippen MR) is 70.6 cm³/mol. The van der Waals surface area contributed by atoms with Gasteiger partial charge < -0.3 is 5.73 Å². The van der Waals surface area contributed by atoms with Crippen molar-refractivity contribution < 1.29 is 0 Å². The van der Waals surface area contributed by atoms with Crippen LogP contribution in [-0.2, 0) is 12.1 Å². The molecule has 0 aliphatic rings. The predicted octanol–water partition coefficient (Wildman–Crippen LogP) is 2.76. The van der Waals surface area contributed by atoms with Crippen LogP contribution in [0, 0.1) is 0 Å². The van der Waals surface area contributed by atoms with Crippen LogP contribution in [0.25, 0.3) is 11.1 Å². The van der Waals surface area contributed by atoms with Gasteiger partial charge in [0, 0.05) is 18.3 Å². The van der Waals surface area contributed by atoms with Crippen molar-refractivity contribution >= 4 is 0 Å². The van der Waals surface area contributed by atoms with Gasteiger partial charge in [-0.3, -0.25) is 4.68 Å². The minimum absolute atomic E-state index is 0.0176. The van der Waals surface area contributed by atoms with Crippen LogP contribution < -0.4 is 5.73 Å². The molecule has 0 saturated heterocycles. The lowest BCUT2D eigenvalue weighted by Gasteiger charge is -2.18. The third-order valence-electron chi connectivity index (χ3n) is 2.77. The first-order chi connectivity index (χ1) is 8.00. The van der Waals surface area contributed by atoms with Crippen LogP contribution in [0.5, 0.6) is 0 Å². The molecule has 0 atom stereocenters. The summed E-state index contributed by atoms with van der Waals surface area (Å²) < 4.78 is 1.98. The van der Waals surface area contributed by atoms with Crippen molar-refractivity contribution in [3.8, 4) is 11.1 Å². The maximum absolute atomic E-state index is 5.65. The number of nitrogens with zero attached hydrogens (tertiary/aromatic N) is 2. The summed E-state index contributed by atoms with van der Waals surface area (Å²) in [5.74, 6) is 0. The van der Waals surface area contributed by atoms with Crippen LogP contribution in [0.1, 0.15) is 26.3 Å². The molecule has 2 rings (SSSR count). The van der Waals surface area contributed by atoms with Gasteiger partial charge in [-0.15, -0.1) is 0 Å². The van der Waals surface area contributed by atoms with E-state index in [0.29, 0.717) is 6.54 Å². The van der Waals surface area contributed by atoms with E-state index in [2.05, 4.69) is 44.2 Å². The van der Waals surface area contributed by atoms with Gasteiger partial charge in [0.25, 0.3) is 0 Å². The van der Waals surface area contributed by atoms with Crippen molar-refractivity contribution in [3.05, 3.63) is 42.2 Å². The van der Waals surface area contributed by atoms with Crippen LogP contribution in [0.2, 0.25) is 0 Å². The molecule has 0 aliphatic heterocycles. The van der Waals surface area contributed by atoms with Gasteiger partial charge >= 0.3 is 0 Å². The van der Waals surface area contributed by atoms with E-state index in [-0.39, 0.29) is 5.54 Å². The molecule has 0 saturated carbocycles. The molecule has 0 spiro atoms. The van der Waals surface area contributed by atoms with Crippen molar-refractivity contribution in [2.24, 2.45) is 5.73 Å². The van der Waals surface area contributed by atoms with E-state index in [9.17, 15) is 0 Å². The Labute approximate surface area is 102 Å². The molecule has 0 fully saturated rings. The standard InChI is InChI=1S/C14H19N3/c1-14(2,3)17-10-13(9-16-17)12-6-4-5-11(7-12)8-15/h4-7,9-10H,8,15H2,1-3H3. The molecule has 90 valence electrons. The van der Waals surface area contributed by atoms with Gasteiger partial charge in [-0.05, 0) is 38.0 Å². The highest BCUT2D eigenvalue weighted by Gasteiger charge is 2.14. The van der Waals surface area contributed by atoms with E-state index in [0.717, 1.165) is 11.1 Å². The summed E-state index contributed by atoms with van der Waals surface area (Å²) >= 11 is 0. The Morgan fingerprint density at radius 2 is 2.00 bits per heavy atom. The number of hydrogen-bond acceptors (Lipinski definition) is 2. The lowest BCUT2D eigenvalue weighted by atomic mass is 10.1. The highest BCUT2D eigenvalue weighted by molar-refractivity contribution is 5.62. The number of nitrogens with two attached hydrogens (primary N) is 1. The summed E-state index contributed by atoms with van der Waals surface area (Å²) in [4.78, 5) is 0. The SMILES string of the molecule is CC(C)(C)n1cc(-c2cccc(CN)c2)cn1. The maximum atomic E-state index is 5.65. The summed E-state index contributed by atoms with van der Waals surface area (Å²) in [5, 5.41) is 4.40. The molecular weight excluding hydrogens is 210 g/mol. The van der Waals surface area contributed by atoms with Crippen LogP contribution in [0.3, 0.4) is 0 Å². The van der Waals surface area contributed by atoms with E-state index in [1.165, 1.54) is 5.56 Å². The largest absolute Gasteiger partial charge is 0.326 e. The van der Waals surface area contributed by atoms with Crippen molar-refractivity contribution in [1.82, 2.24) is 9.78 Å². The van der Waals surface area contributed by atoms with E-state index in [4.69, 9.17) is 5.73 Å². The summed E-state index contributed by atoms with van der Waals surface area (Å²) in [5.41, 5.74) is 9.12.